The highest BCUT2D eigenvalue weighted by atomic mass is 16.1. The van der Waals surface area contributed by atoms with Crippen molar-refractivity contribution in [1.82, 2.24) is 0 Å². The molecule has 1 nitrogen and oxygen atoms in total. The fourth-order valence-corrected chi connectivity index (χ4v) is 7.58. The smallest absolute Gasteiger partial charge is 0.141 e. The summed E-state index contributed by atoms with van der Waals surface area (Å²) in [6.45, 7) is 9.60. The summed E-state index contributed by atoms with van der Waals surface area (Å²) >= 11 is 0. The zero-order valence-corrected chi connectivity index (χ0v) is 15.0. The van der Waals surface area contributed by atoms with Crippen molar-refractivity contribution in [3.8, 4) is 0 Å². The molecule has 0 N–H and O–H groups in total. The van der Waals surface area contributed by atoms with Crippen molar-refractivity contribution < 1.29 is 4.79 Å². The molecule has 4 aliphatic rings. The molecule has 22 heavy (non-hydrogen) atoms. The molecule has 0 saturated heterocycles. The second kappa shape index (κ2) is 4.84. The number of ketones is 1. The van der Waals surface area contributed by atoms with Gasteiger partial charge in [-0.2, -0.15) is 0 Å². The number of hydrogen-bond acceptors (Lipinski definition) is 1. The van der Waals surface area contributed by atoms with E-state index in [4.69, 9.17) is 0 Å². The summed E-state index contributed by atoms with van der Waals surface area (Å²) in [5.41, 5.74) is 0.622. The Morgan fingerprint density at radius 3 is 2.45 bits per heavy atom. The number of hydrogen-bond donors (Lipinski definition) is 0. The first-order chi connectivity index (χ1) is 10.4. The Hall–Kier alpha value is -0.330. The second-order valence-corrected chi connectivity index (χ2v) is 9.99. The molecule has 4 aliphatic carbocycles. The third-order valence-corrected chi connectivity index (χ3v) is 8.94. The van der Waals surface area contributed by atoms with Crippen molar-refractivity contribution in [2.75, 3.05) is 0 Å². The molecule has 4 saturated carbocycles. The molecule has 124 valence electrons. The van der Waals surface area contributed by atoms with Crippen LogP contribution in [0.15, 0.2) is 0 Å². The number of carbonyl (C=O) groups excluding carboxylic acids is 1. The molecular weight excluding hydrogens is 268 g/mol. The lowest BCUT2D eigenvalue weighted by molar-refractivity contribution is -0.141. The van der Waals surface area contributed by atoms with E-state index in [9.17, 15) is 4.79 Å². The summed E-state index contributed by atoms with van der Waals surface area (Å²) in [4.78, 5) is 12.7. The maximum Gasteiger partial charge on any atom is 0.141 e. The molecule has 8 atom stereocenters. The maximum atomic E-state index is 12.7. The van der Waals surface area contributed by atoms with Gasteiger partial charge >= 0.3 is 0 Å². The average Bonchev–Trinajstić information content (AvgIpc) is 2.72. The van der Waals surface area contributed by atoms with Crippen LogP contribution < -0.4 is 0 Å². The van der Waals surface area contributed by atoms with Gasteiger partial charge in [-0.05, 0) is 80.0 Å². The first-order valence-corrected chi connectivity index (χ1v) is 9.90. The average molecular weight is 303 g/mol. The summed E-state index contributed by atoms with van der Waals surface area (Å²) in [7, 11) is 0. The van der Waals surface area contributed by atoms with Crippen molar-refractivity contribution in [3.63, 3.8) is 0 Å². The topological polar surface area (TPSA) is 17.1 Å². The van der Waals surface area contributed by atoms with Crippen LogP contribution in [0.4, 0.5) is 0 Å². The maximum absolute atomic E-state index is 12.7. The number of fused-ring (bicyclic) bond motifs is 5. The van der Waals surface area contributed by atoms with Crippen molar-refractivity contribution in [2.45, 2.75) is 79.1 Å². The Balaban J connectivity index is 1.64. The molecule has 0 spiro atoms. The van der Waals surface area contributed by atoms with Crippen molar-refractivity contribution in [3.05, 3.63) is 0 Å². The minimum absolute atomic E-state index is 0.0335. The Morgan fingerprint density at radius 1 is 0.909 bits per heavy atom. The highest BCUT2D eigenvalue weighted by Gasteiger charge is 2.61. The SMILES string of the molecule is CC1CCC2(C)C(CCC3C4CC(C)C(=O)C4(C)CCC32)C1. The molecule has 0 radical (unpaired) electrons. The normalized spacial score (nSPS) is 57.9. The molecule has 0 aromatic rings. The molecular formula is C21H34O. The molecule has 0 aliphatic heterocycles. The second-order valence-electron chi connectivity index (χ2n) is 9.99. The van der Waals surface area contributed by atoms with E-state index in [1.165, 1.54) is 51.4 Å². The van der Waals surface area contributed by atoms with Crippen LogP contribution >= 0.6 is 0 Å². The third kappa shape index (κ3) is 1.86. The summed E-state index contributed by atoms with van der Waals surface area (Å²) in [5.74, 6) is 5.29. The number of carbonyl (C=O) groups is 1. The predicted octanol–water partition coefficient (Wildman–Crippen LogP) is 5.48. The molecule has 4 fully saturated rings. The van der Waals surface area contributed by atoms with Gasteiger partial charge in [0.2, 0.25) is 0 Å². The standard InChI is InChI=1S/C21H34O/c1-13-7-9-20(3)15(11-13)5-6-16-17(20)8-10-21(4)18(16)12-14(2)19(21)22/h13-18H,5-12H2,1-4H3. The van der Waals surface area contributed by atoms with E-state index in [2.05, 4.69) is 27.7 Å². The third-order valence-electron chi connectivity index (χ3n) is 8.94. The highest BCUT2D eigenvalue weighted by Crippen LogP contribution is 2.66. The first-order valence-electron chi connectivity index (χ1n) is 9.90. The van der Waals surface area contributed by atoms with E-state index in [0.29, 0.717) is 23.0 Å². The van der Waals surface area contributed by atoms with Crippen LogP contribution in [-0.4, -0.2) is 5.78 Å². The molecule has 0 amide bonds. The van der Waals surface area contributed by atoms with Gasteiger partial charge in [-0.15, -0.1) is 0 Å². The van der Waals surface area contributed by atoms with Gasteiger partial charge < -0.3 is 0 Å². The quantitative estimate of drug-likeness (QED) is 0.579. The van der Waals surface area contributed by atoms with E-state index >= 15 is 0 Å². The molecule has 4 rings (SSSR count). The lowest BCUT2D eigenvalue weighted by Crippen LogP contribution is -2.53. The van der Waals surface area contributed by atoms with Crippen LogP contribution in [0, 0.1) is 46.3 Å². The van der Waals surface area contributed by atoms with Gasteiger partial charge in [0.25, 0.3) is 0 Å². The van der Waals surface area contributed by atoms with Gasteiger partial charge in [0.15, 0.2) is 0 Å². The Morgan fingerprint density at radius 2 is 1.68 bits per heavy atom. The summed E-state index contributed by atoms with van der Waals surface area (Å²) in [6.07, 6.45) is 10.9. The van der Waals surface area contributed by atoms with E-state index in [0.717, 1.165) is 23.7 Å². The summed E-state index contributed by atoms with van der Waals surface area (Å²) in [5, 5.41) is 0. The fourth-order valence-electron chi connectivity index (χ4n) is 7.58. The molecule has 0 heterocycles. The zero-order chi connectivity index (χ0) is 15.7. The molecule has 0 aromatic heterocycles. The number of rotatable bonds is 0. The van der Waals surface area contributed by atoms with Crippen LogP contribution in [0.25, 0.3) is 0 Å². The largest absolute Gasteiger partial charge is 0.299 e. The van der Waals surface area contributed by atoms with E-state index < -0.39 is 0 Å². The molecule has 0 aromatic carbocycles. The van der Waals surface area contributed by atoms with Gasteiger partial charge in [-0.1, -0.05) is 34.1 Å². The van der Waals surface area contributed by atoms with E-state index in [1.54, 1.807) is 0 Å². The summed E-state index contributed by atoms with van der Waals surface area (Å²) < 4.78 is 0. The lowest BCUT2D eigenvalue weighted by atomic mass is 9.45. The Kier molecular flexibility index (Phi) is 3.34. The van der Waals surface area contributed by atoms with Crippen LogP contribution in [0.5, 0.6) is 0 Å². The predicted molar refractivity (Wildman–Crippen MR) is 90.4 cm³/mol. The van der Waals surface area contributed by atoms with E-state index in [1.807, 2.05) is 0 Å². The van der Waals surface area contributed by atoms with Gasteiger partial charge in [0.05, 0.1) is 0 Å². The van der Waals surface area contributed by atoms with Gasteiger partial charge in [0.1, 0.15) is 5.78 Å². The lowest BCUT2D eigenvalue weighted by Gasteiger charge is -2.60. The zero-order valence-electron chi connectivity index (χ0n) is 15.0. The van der Waals surface area contributed by atoms with Gasteiger partial charge in [-0.3, -0.25) is 4.79 Å². The van der Waals surface area contributed by atoms with E-state index in [-0.39, 0.29) is 5.41 Å². The van der Waals surface area contributed by atoms with Gasteiger partial charge in [-0.25, -0.2) is 0 Å². The molecule has 1 heteroatoms. The minimum atomic E-state index is 0.0335. The highest BCUT2D eigenvalue weighted by molar-refractivity contribution is 5.89. The van der Waals surface area contributed by atoms with Crippen molar-refractivity contribution in [1.29, 1.82) is 0 Å². The van der Waals surface area contributed by atoms with Crippen LogP contribution in [0.1, 0.15) is 79.1 Å². The first kappa shape index (κ1) is 15.2. The Labute approximate surface area is 136 Å². The van der Waals surface area contributed by atoms with Crippen LogP contribution in [-0.2, 0) is 4.79 Å². The Bertz CT molecular complexity index is 482. The monoisotopic (exact) mass is 302 g/mol. The van der Waals surface area contributed by atoms with Crippen LogP contribution in [0.3, 0.4) is 0 Å². The van der Waals surface area contributed by atoms with Crippen LogP contribution in [0.2, 0.25) is 0 Å². The molecule has 0 bridgehead atoms. The number of Topliss-reactive ketones (excluding diaryl/α,β-unsaturated/α-hetero) is 1. The van der Waals surface area contributed by atoms with Gasteiger partial charge in [0, 0.05) is 11.3 Å². The molecule has 8 unspecified atom stereocenters. The van der Waals surface area contributed by atoms with Crippen molar-refractivity contribution >= 4 is 5.78 Å². The van der Waals surface area contributed by atoms with Crippen molar-refractivity contribution in [2.24, 2.45) is 46.3 Å². The fraction of sp³-hybridized carbons (Fsp3) is 0.952. The minimum Gasteiger partial charge on any atom is -0.299 e. The summed E-state index contributed by atoms with van der Waals surface area (Å²) in [6, 6.07) is 0.